The predicted molar refractivity (Wildman–Crippen MR) is 83.4 cm³/mol. The fourth-order valence-electron chi connectivity index (χ4n) is 1.86. The molecule has 0 radical (unpaired) electrons. The number of rotatable bonds is 5. The Balaban J connectivity index is 2.05. The van der Waals surface area contributed by atoms with Gasteiger partial charge in [0.15, 0.2) is 0 Å². The number of hydrogen-bond donors (Lipinski definition) is 1. The number of nitrogens with one attached hydrogen (secondary N) is 1. The van der Waals surface area contributed by atoms with Gasteiger partial charge in [-0.05, 0) is 29.8 Å². The molecule has 0 bridgehead atoms. The summed E-state index contributed by atoms with van der Waals surface area (Å²) >= 11 is 5.72. The van der Waals surface area contributed by atoms with E-state index in [1.165, 1.54) is 18.2 Å². The van der Waals surface area contributed by atoms with Gasteiger partial charge in [0.05, 0.1) is 18.5 Å². The number of halogens is 1. The molecule has 6 nitrogen and oxygen atoms in total. The summed E-state index contributed by atoms with van der Waals surface area (Å²) in [7, 11) is 1.56. The third-order valence-corrected chi connectivity index (χ3v) is 3.27. The summed E-state index contributed by atoms with van der Waals surface area (Å²) in [6.07, 6.45) is 0.153. The number of carbonyl (C=O) groups is 1. The summed E-state index contributed by atoms with van der Waals surface area (Å²) in [6.45, 7) is 0. The number of anilines is 1. The van der Waals surface area contributed by atoms with Crippen LogP contribution in [0.3, 0.4) is 0 Å². The van der Waals surface area contributed by atoms with Crippen LogP contribution in [-0.2, 0) is 11.2 Å². The van der Waals surface area contributed by atoms with E-state index < -0.39 is 4.92 Å². The van der Waals surface area contributed by atoms with Gasteiger partial charge in [-0.3, -0.25) is 14.9 Å². The second kappa shape index (κ2) is 6.91. The van der Waals surface area contributed by atoms with E-state index >= 15 is 0 Å². The van der Waals surface area contributed by atoms with E-state index in [1.807, 2.05) is 0 Å². The number of nitro benzene ring substituents is 1. The molecule has 0 aromatic heterocycles. The van der Waals surface area contributed by atoms with Crippen LogP contribution in [0.5, 0.6) is 5.75 Å². The van der Waals surface area contributed by atoms with Crippen LogP contribution >= 0.6 is 11.6 Å². The highest BCUT2D eigenvalue weighted by molar-refractivity contribution is 6.32. The SMILES string of the molecule is COc1ccc(CC(=O)Nc2ccc(Cl)c([N+](=O)[O-])c2)cc1. The molecule has 114 valence electrons. The van der Waals surface area contributed by atoms with E-state index in [2.05, 4.69) is 5.32 Å². The van der Waals surface area contributed by atoms with E-state index in [1.54, 1.807) is 31.4 Å². The number of methoxy groups -OCH3 is 1. The molecule has 0 atom stereocenters. The minimum atomic E-state index is -0.596. The monoisotopic (exact) mass is 320 g/mol. The van der Waals surface area contributed by atoms with Crippen LogP contribution in [0.15, 0.2) is 42.5 Å². The van der Waals surface area contributed by atoms with E-state index in [4.69, 9.17) is 16.3 Å². The number of nitro groups is 1. The first-order valence-electron chi connectivity index (χ1n) is 6.36. The Hall–Kier alpha value is -2.60. The maximum absolute atomic E-state index is 12.0. The Labute approximate surface area is 131 Å². The highest BCUT2D eigenvalue weighted by Crippen LogP contribution is 2.27. The van der Waals surface area contributed by atoms with Crippen LogP contribution < -0.4 is 10.1 Å². The van der Waals surface area contributed by atoms with Crippen molar-refractivity contribution in [2.75, 3.05) is 12.4 Å². The smallest absolute Gasteiger partial charge is 0.289 e. The second-order valence-electron chi connectivity index (χ2n) is 4.50. The lowest BCUT2D eigenvalue weighted by Crippen LogP contribution is -2.14. The Morgan fingerprint density at radius 2 is 1.95 bits per heavy atom. The average Bonchev–Trinajstić information content (AvgIpc) is 2.49. The summed E-state index contributed by atoms with van der Waals surface area (Å²) in [4.78, 5) is 22.2. The number of hydrogen-bond acceptors (Lipinski definition) is 4. The van der Waals surface area contributed by atoms with Crippen molar-refractivity contribution in [2.45, 2.75) is 6.42 Å². The number of amides is 1. The minimum absolute atomic E-state index is 0.0261. The number of ether oxygens (including phenoxy) is 1. The lowest BCUT2D eigenvalue weighted by atomic mass is 10.1. The second-order valence-corrected chi connectivity index (χ2v) is 4.90. The summed E-state index contributed by atoms with van der Waals surface area (Å²) in [5.74, 6) is 0.430. The molecule has 0 heterocycles. The first kappa shape index (κ1) is 15.8. The molecule has 0 unspecified atom stereocenters. The van der Waals surface area contributed by atoms with Gasteiger partial charge in [-0.15, -0.1) is 0 Å². The summed E-state index contributed by atoms with van der Waals surface area (Å²) in [5.41, 5.74) is 0.889. The molecule has 2 aromatic rings. The molecule has 7 heteroatoms. The predicted octanol–water partition coefficient (Wildman–Crippen LogP) is 3.44. The van der Waals surface area contributed by atoms with E-state index in [0.29, 0.717) is 11.4 Å². The maximum Gasteiger partial charge on any atom is 0.289 e. The van der Waals surface area contributed by atoms with Gasteiger partial charge in [-0.25, -0.2) is 0 Å². The zero-order valence-electron chi connectivity index (χ0n) is 11.7. The number of carbonyl (C=O) groups excluding carboxylic acids is 1. The van der Waals surface area contributed by atoms with Crippen LogP contribution in [-0.4, -0.2) is 17.9 Å². The standard InChI is InChI=1S/C15H13ClN2O4/c1-22-12-5-2-10(3-6-12)8-15(19)17-11-4-7-13(16)14(9-11)18(20)21/h2-7,9H,8H2,1H3,(H,17,19). The van der Waals surface area contributed by atoms with Gasteiger partial charge >= 0.3 is 0 Å². The number of nitrogens with zero attached hydrogens (tertiary/aromatic N) is 1. The lowest BCUT2D eigenvalue weighted by Gasteiger charge is -2.06. The van der Waals surface area contributed by atoms with E-state index in [0.717, 1.165) is 5.56 Å². The molecule has 0 aliphatic carbocycles. The van der Waals surface area contributed by atoms with Crippen molar-refractivity contribution in [1.82, 2.24) is 0 Å². The van der Waals surface area contributed by atoms with Crippen LogP contribution in [0.4, 0.5) is 11.4 Å². The minimum Gasteiger partial charge on any atom is -0.497 e. The van der Waals surface area contributed by atoms with Gasteiger partial charge in [0.25, 0.3) is 5.69 Å². The maximum atomic E-state index is 12.0. The van der Waals surface area contributed by atoms with Crippen molar-refractivity contribution in [3.8, 4) is 5.75 Å². The molecular formula is C15H13ClN2O4. The van der Waals surface area contributed by atoms with Gasteiger partial charge in [-0.2, -0.15) is 0 Å². The van der Waals surface area contributed by atoms with Gasteiger partial charge in [0.2, 0.25) is 5.91 Å². The third kappa shape index (κ3) is 3.95. The Morgan fingerprint density at radius 1 is 1.27 bits per heavy atom. The molecule has 0 aliphatic heterocycles. The van der Waals surface area contributed by atoms with Crippen LogP contribution in [0.2, 0.25) is 5.02 Å². The normalized spacial score (nSPS) is 10.1. The third-order valence-electron chi connectivity index (χ3n) is 2.95. The van der Waals surface area contributed by atoms with E-state index in [9.17, 15) is 14.9 Å². The summed E-state index contributed by atoms with van der Waals surface area (Å²) < 4.78 is 5.04. The number of benzene rings is 2. The van der Waals surface area contributed by atoms with Crippen molar-refractivity contribution in [3.05, 3.63) is 63.2 Å². The molecule has 2 rings (SSSR count). The molecule has 0 saturated heterocycles. The van der Waals surface area contributed by atoms with E-state index in [-0.39, 0.29) is 23.0 Å². The Bertz CT molecular complexity index is 701. The topological polar surface area (TPSA) is 81.5 Å². The van der Waals surface area contributed by atoms with Gasteiger partial charge in [0.1, 0.15) is 10.8 Å². The highest BCUT2D eigenvalue weighted by atomic mass is 35.5. The van der Waals surface area contributed by atoms with Gasteiger partial charge < -0.3 is 10.1 Å². The molecule has 0 spiro atoms. The molecule has 2 aromatic carbocycles. The highest BCUT2D eigenvalue weighted by Gasteiger charge is 2.14. The molecular weight excluding hydrogens is 308 g/mol. The summed E-state index contributed by atoms with van der Waals surface area (Å²) in [6, 6.07) is 11.2. The molecule has 0 aliphatic rings. The zero-order chi connectivity index (χ0) is 16.1. The first-order chi connectivity index (χ1) is 10.5. The fraction of sp³-hybridized carbons (Fsp3) is 0.133. The molecule has 0 saturated carbocycles. The van der Waals surface area contributed by atoms with Crippen LogP contribution in [0, 0.1) is 10.1 Å². The molecule has 1 amide bonds. The van der Waals surface area contributed by atoms with Gasteiger partial charge in [0, 0.05) is 11.8 Å². The lowest BCUT2D eigenvalue weighted by molar-refractivity contribution is -0.384. The Kier molecular flexibility index (Phi) is 4.95. The summed E-state index contributed by atoms with van der Waals surface area (Å²) in [5, 5.41) is 13.4. The first-order valence-corrected chi connectivity index (χ1v) is 6.74. The fourth-order valence-corrected chi connectivity index (χ4v) is 2.05. The molecule has 0 fully saturated rings. The van der Waals surface area contributed by atoms with Crippen molar-refractivity contribution >= 4 is 28.9 Å². The van der Waals surface area contributed by atoms with Crippen LogP contribution in [0.1, 0.15) is 5.56 Å². The average molecular weight is 321 g/mol. The Morgan fingerprint density at radius 3 is 2.55 bits per heavy atom. The molecule has 22 heavy (non-hydrogen) atoms. The zero-order valence-corrected chi connectivity index (χ0v) is 12.5. The van der Waals surface area contributed by atoms with Crippen molar-refractivity contribution < 1.29 is 14.5 Å². The largest absolute Gasteiger partial charge is 0.497 e. The van der Waals surface area contributed by atoms with Gasteiger partial charge in [-0.1, -0.05) is 23.7 Å². The quantitative estimate of drug-likeness (QED) is 0.676. The van der Waals surface area contributed by atoms with Crippen molar-refractivity contribution in [1.29, 1.82) is 0 Å². The van der Waals surface area contributed by atoms with Crippen LogP contribution in [0.25, 0.3) is 0 Å². The molecule has 1 N–H and O–H groups in total. The van der Waals surface area contributed by atoms with Crippen molar-refractivity contribution in [2.24, 2.45) is 0 Å². The van der Waals surface area contributed by atoms with Crippen molar-refractivity contribution in [3.63, 3.8) is 0 Å².